The molecule has 0 saturated heterocycles. The van der Waals surface area contributed by atoms with Crippen LogP contribution in [0.5, 0.6) is 0 Å². The summed E-state index contributed by atoms with van der Waals surface area (Å²) in [6.45, 7) is 4.51. The molecule has 2 heterocycles. The molecule has 2 amide bonds. The predicted molar refractivity (Wildman–Crippen MR) is 116 cm³/mol. The summed E-state index contributed by atoms with van der Waals surface area (Å²) < 4.78 is 1.66. The van der Waals surface area contributed by atoms with Crippen LogP contribution in [0.2, 0.25) is 5.02 Å². The Balaban J connectivity index is 1.59. The van der Waals surface area contributed by atoms with Gasteiger partial charge in [0.1, 0.15) is 5.69 Å². The maximum Gasteiger partial charge on any atom is 0.271 e. The zero-order valence-corrected chi connectivity index (χ0v) is 18.0. The van der Waals surface area contributed by atoms with E-state index in [0.29, 0.717) is 12.4 Å². The maximum atomic E-state index is 12.6. The first-order valence-electron chi connectivity index (χ1n) is 9.61. The average molecular weight is 426 g/mol. The molecule has 8 heteroatoms. The van der Waals surface area contributed by atoms with Gasteiger partial charge in [-0.05, 0) is 37.6 Å². The van der Waals surface area contributed by atoms with Gasteiger partial charge in [-0.15, -0.1) is 0 Å². The van der Waals surface area contributed by atoms with E-state index >= 15 is 0 Å². The number of carbonyl (C=O) groups is 2. The number of rotatable bonds is 7. The normalized spacial score (nSPS) is 10.7. The summed E-state index contributed by atoms with van der Waals surface area (Å²) in [5.74, 6) is 0.0188. The lowest BCUT2D eigenvalue weighted by molar-refractivity contribution is -0.130. The van der Waals surface area contributed by atoms with E-state index < -0.39 is 5.91 Å². The number of nitrogens with one attached hydrogen (secondary N) is 1. The summed E-state index contributed by atoms with van der Waals surface area (Å²) >= 11 is 6.18. The summed E-state index contributed by atoms with van der Waals surface area (Å²) in [5, 5.41) is 7.34. The lowest BCUT2D eigenvalue weighted by Crippen LogP contribution is -2.32. The number of pyridine rings is 1. The minimum atomic E-state index is -0.429. The highest BCUT2D eigenvalue weighted by molar-refractivity contribution is 6.33. The van der Waals surface area contributed by atoms with Gasteiger partial charge in [0.25, 0.3) is 5.91 Å². The Morgan fingerprint density at radius 3 is 2.53 bits per heavy atom. The highest BCUT2D eigenvalue weighted by Crippen LogP contribution is 2.17. The van der Waals surface area contributed by atoms with Crippen LogP contribution in [-0.2, 0) is 11.3 Å². The third-order valence-corrected chi connectivity index (χ3v) is 4.89. The van der Waals surface area contributed by atoms with Crippen LogP contribution in [0.25, 0.3) is 5.82 Å². The number of hydrogen-bond donors (Lipinski definition) is 1. The van der Waals surface area contributed by atoms with Crippen molar-refractivity contribution in [2.45, 2.75) is 26.8 Å². The summed E-state index contributed by atoms with van der Waals surface area (Å²) in [7, 11) is 1.74. The molecule has 0 spiro atoms. The molecule has 0 aliphatic rings. The minimum Gasteiger partial charge on any atom is -0.350 e. The third-order valence-electron chi connectivity index (χ3n) is 4.59. The molecule has 3 aromatic rings. The Morgan fingerprint density at radius 2 is 1.87 bits per heavy atom. The van der Waals surface area contributed by atoms with Crippen molar-refractivity contribution in [1.29, 1.82) is 0 Å². The van der Waals surface area contributed by atoms with Crippen LogP contribution in [0.4, 0.5) is 0 Å². The third kappa shape index (κ3) is 5.24. The van der Waals surface area contributed by atoms with Crippen molar-refractivity contribution in [3.05, 3.63) is 76.2 Å². The molecular weight excluding hydrogens is 402 g/mol. The van der Waals surface area contributed by atoms with Crippen LogP contribution >= 0.6 is 11.6 Å². The standard InChI is InChI=1S/C22H24ClN5O2/c1-15-13-16(2)28(26-15)19-10-9-18(23)21(25-19)22(30)24-12-11-20(29)27(3)14-17-7-5-4-6-8-17/h4-10,13H,11-12,14H2,1-3H3,(H,24,30). The number of nitrogens with zero attached hydrogens (tertiary/aromatic N) is 4. The molecule has 0 radical (unpaired) electrons. The predicted octanol–water partition coefficient (Wildman–Crippen LogP) is 3.32. The van der Waals surface area contributed by atoms with Crippen LogP contribution in [-0.4, -0.2) is 45.1 Å². The van der Waals surface area contributed by atoms with Gasteiger partial charge in [-0.3, -0.25) is 9.59 Å². The second-order valence-corrected chi connectivity index (χ2v) is 7.49. The number of amides is 2. The van der Waals surface area contributed by atoms with E-state index in [0.717, 1.165) is 17.0 Å². The molecule has 0 aliphatic carbocycles. The van der Waals surface area contributed by atoms with Gasteiger partial charge in [-0.1, -0.05) is 41.9 Å². The van der Waals surface area contributed by atoms with E-state index in [1.54, 1.807) is 28.8 Å². The second kappa shape index (κ2) is 9.54. The van der Waals surface area contributed by atoms with Gasteiger partial charge < -0.3 is 10.2 Å². The van der Waals surface area contributed by atoms with Gasteiger partial charge in [0.05, 0.1) is 10.7 Å². The molecule has 1 aromatic carbocycles. The van der Waals surface area contributed by atoms with Gasteiger partial charge >= 0.3 is 0 Å². The fourth-order valence-electron chi connectivity index (χ4n) is 3.07. The molecule has 0 aliphatic heterocycles. The fourth-order valence-corrected chi connectivity index (χ4v) is 3.26. The van der Waals surface area contributed by atoms with E-state index in [9.17, 15) is 9.59 Å². The summed E-state index contributed by atoms with van der Waals surface area (Å²) in [5.41, 5.74) is 2.91. The first-order chi connectivity index (χ1) is 14.3. The van der Waals surface area contributed by atoms with Crippen LogP contribution in [0.15, 0.2) is 48.5 Å². The van der Waals surface area contributed by atoms with Crippen molar-refractivity contribution in [2.75, 3.05) is 13.6 Å². The molecule has 3 rings (SSSR count). The van der Waals surface area contributed by atoms with E-state index in [4.69, 9.17) is 11.6 Å². The Labute approximate surface area is 180 Å². The Hall–Kier alpha value is -3.19. The van der Waals surface area contributed by atoms with Gasteiger partial charge in [0.15, 0.2) is 5.82 Å². The Kier molecular flexibility index (Phi) is 6.84. The number of aryl methyl sites for hydroxylation is 2. The first-order valence-corrected chi connectivity index (χ1v) is 9.99. The van der Waals surface area contributed by atoms with Crippen molar-refractivity contribution >= 4 is 23.4 Å². The second-order valence-electron chi connectivity index (χ2n) is 7.08. The van der Waals surface area contributed by atoms with Crippen molar-refractivity contribution in [3.8, 4) is 5.82 Å². The average Bonchev–Trinajstić information content (AvgIpc) is 3.06. The number of carbonyl (C=O) groups excluding carboxylic acids is 2. The monoisotopic (exact) mass is 425 g/mol. The van der Waals surface area contributed by atoms with Gasteiger partial charge in [0.2, 0.25) is 5.91 Å². The van der Waals surface area contributed by atoms with Crippen molar-refractivity contribution in [3.63, 3.8) is 0 Å². The molecule has 0 atom stereocenters. The highest BCUT2D eigenvalue weighted by atomic mass is 35.5. The van der Waals surface area contributed by atoms with Crippen molar-refractivity contribution in [2.24, 2.45) is 0 Å². The largest absolute Gasteiger partial charge is 0.350 e. The maximum absolute atomic E-state index is 12.6. The fraction of sp³-hybridized carbons (Fsp3) is 0.273. The van der Waals surface area contributed by atoms with Gasteiger partial charge in [-0.25, -0.2) is 9.67 Å². The number of hydrogen-bond acceptors (Lipinski definition) is 4. The Bertz CT molecular complexity index is 1050. The van der Waals surface area contributed by atoms with Crippen LogP contribution in [0, 0.1) is 13.8 Å². The molecule has 156 valence electrons. The number of halogens is 1. The Morgan fingerprint density at radius 1 is 1.13 bits per heavy atom. The zero-order chi connectivity index (χ0) is 21.7. The SMILES string of the molecule is Cc1cc(C)n(-c2ccc(Cl)c(C(=O)NCCC(=O)N(C)Cc3ccccc3)n2)n1. The summed E-state index contributed by atoms with van der Waals surface area (Å²) in [6.07, 6.45) is 0.184. The highest BCUT2D eigenvalue weighted by Gasteiger charge is 2.16. The molecule has 7 nitrogen and oxygen atoms in total. The quantitative estimate of drug-likeness (QED) is 0.629. The van der Waals surface area contributed by atoms with Crippen LogP contribution in [0.1, 0.15) is 33.9 Å². The van der Waals surface area contributed by atoms with Crippen LogP contribution in [0.3, 0.4) is 0 Å². The molecule has 1 N–H and O–H groups in total. The molecule has 0 unspecified atom stereocenters. The van der Waals surface area contributed by atoms with Crippen molar-refractivity contribution < 1.29 is 9.59 Å². The van der Waals surface area contributed by atoms with E-state index in [1.165, 1.54) is 0 Å². The summed E-state index contributed by atoms with van der Waals surface area (Å²) in [6, 6.07) is 15.0. The molecule has 0 fully saturated rings. The summed E-state index contributed by atoms with van der Waals surface area (Å²) in [4.78, 5) is 30.9. The van der Waals surface area contributed by atoms with E-state index in [2.05, 4.69) is 15.4 Å². The lowest BCUT2D eigenvalue weighted by atomic mass is 10.2. The minimum absolute atomic E-state index is 0.0606. The molecule has 30 heavy (non-hydrogen) atoms. The van der Waals surface area contributed by atoms with E-state index in [-0.39, 0.29) is 29.6 Å². The van der Waals surface area contributed by atoms with Crippen molar-refractivity contribution in [1.82, 2.24) is 25.0 Å². The smallest absolute Gasteiger partial charge is 0.271 e. The van der Waals surface area contributed by atoms with Crippen LogP contribution < -0.4 is 5.32 Å². The van der Waals surface area contributed by atoms with E-state index in [1.807, 2.05) is 50.2 Å². The number of benzene rings is 1. The molecule has 0 saturated carbocycles. The lowest BCUT2D eigenvalue weighted by Gasteiger charge is -2.17. The van der Waals surface area contributed by atoms with Gasteiger partial charge in [-0.2, -0.15) is 5.10 Å². The topological polar surface area (TPSA) is 80.1 Å². The number of aromatic nitrogens is 3. The molecule has 0 bridgehead atoms. The molecular formula is C22H24ClN5O2. The van der Waals surface area contributed by atoms with Gasteiger partial charge in [0, 0.05) is 32.3 Å². The first kappa shape index (κ1) is 21.5. The zero-order valence-electron chi connectivity index (χ0n) is 17.2. The molecule has 2 aromatic heterocycles.